The maximum absolute atomic E-state index is 12.8. The van der Waals surface area contributed by atoms with Gasteiger partial charge in [0.2, 0.25) is 15.9 Å². The standard InChI is InChI=1S/C25H30N2O4S/c1-17(18-10-11-20-15-22(31-5)13-12-19(20)14-18)24(28)26-16-21-8-6-7-9-23(21)32(29,30)27-25(2,3)4/h6-15,17,27H,16H2,1-5H3,(H,26,28)/t17-/m0/s1. The van der Waals surface area contributed by atoms with E-state index in [0.717, 1.165) is 22.1 Å². The van der Waals surface area contributed by atoms with Crippen molar-refractivity contribution in [2.24, 2.45) is 0 Å². The quantitative estimate of drug-likeness (QED) is 0.556. The van der Waals surface area contributed by atoms with Gasteiger partial charge in [0.25, 0.3) is 0 Å². The van der Waals surface area contributed by atoms with Crippen LogP contribution < -0.4 is 14.8 Å². The normalized spacial score (nSPS) is 13.0. The summed E-state index contributed by atoms with van der Waals surface area (Å²) in [6.45, 7) is 7.32. The maximum Gasteiger partial charge on any atom is 0.241 e. The van der Waals surface area contributed by atoms with Gasteiger partial charge in [-0.05, 0) is 67.8 Å². The zero-order valence-corrected chi connectivity index (χ0v) is 19.9. The van der Waals surface area contributed by atoms with Crippen molar-refractivity contribution in [3.05, 3.63) is 71.8 Å². The highest BCUT2D eigenvalue weighted by Gasteiger charge is 2.24. The number of benzene rings is 3. The third-order valence-corrected chi connectivity index (χ3v) is 6.98. The lowest BCUT2D eigenvalue weighted by Gasteiger charge is -2.22. The van der Waals surface area contributed by atoms with Gasteiger partial charge in [-0.3, -0.25) is 4.79 Å². The monoisotopic (exact) mass is 454 g/mol. The van der Waals surface area contributed by atoms with Crippen molar-refractivity contribution in [1.82, 2.24) is 10.0 Å². The van der Waals surface area contributed by atoms with Crippen molar-refractivity contribution in [2.75, 3.05) is 7.11 Å². The van der Waals surface area contributed by atoms with E-state index in [9.17, 15) is 13.2 Å². The van der Waals surface area contributed by atoms with E-state index >= 15 is 0 Å². The summed E-state index contributed by atoms with van der Waals surface area (Å²) in [6.07, 6.45) is 0. The average molecular weight is 455 g/mol. The minimum absolute atomic E-state index is 0.120. The van der Waals surface area contributed by atoms with Gasteiger partial charge in [-0.15, -0.1) is 0 Å². The Labute approximate surface area is 190 Å². The number of hydrogen-bond donors (Lipinski definition) is 2. The molecule has 32 heavy (non-hydrogen) atoms. The lowest BCUT2D eigenvalue weighted by Crippen LogP contribution is -2.41. The number of methoxy groups -OCH3 is 1. The number of nitrogens with one attached hydrogen (secondary N) is 2. The molecule has 0 saturated carbocycles. The van der Waals surface area contributed by atoms with Crippen molar-refractivity contribution >= 4 is 26.7 Å². The fourth-order valence-corrected chi connectivity index (χ4v) is 5.15. The van der Waals surface area contributed by atoms with Crippen LogP contribution in [0.25, 0.3) is 10.8 Å². The predicted molar refractivity (Wildman–Crippen MR) is 127 cm³/mol. The summed E-state index contributed by atoms with van der Waals surface area (Å²) in [4.78, 5) is 13.0. The van der Waals surface area contributed by atoms with Gasteiger partial charge in [-0.25, -0.2) is 13.1 Å². The van der Waals surface area contributed by atoms with Gasteiger partial charge < -0.3 is 10.1 Å². The van der Waals surface area contributed by atoms with Gasteiger partial charge in [0, 0.05) is 12.1 Å². The first-order valence-corrected chi connectivity index (χ1v) is 12.0. The summed E-state index contributed by atoms with van der Waals surface area (Å²) >= 11 is 0. The molecule has 6 nitrogen and oxygen atoms in total. The molecule has 3 aromatic rings. The Morgan fingerprint density at radius 1 is 1.00 bits per heavy atom. The highest BCUT2D eigenvalue weighted by Crippen LogP contribution is 2.25. The Kier molecular flexibility index (Phi) is 6.91. The van der Waals surface area contributed by atoms with E-state index in [1.54, 1.807) is 52.1 Å². The Morgan fingerprint density at radius 3 is 2.34 bits per heavy atom. The molecular weight excluding hydrogens is 424 g/mol. The fourth-order valence-electron chi connectivity index (χ4n) is 3.50. The van der Waals surface area contributed by atoms with Gasteiger partial charge >= 0.3 is 0 Å². The highest BCUT2D eigenvalue weighted by atomic mass is 32.2. The third kappa shape index (κ3) is 5.66. The number of amides is 1. The van der Waals surface area contributed by atoms with Crippen LogP contribution in [0.1, 0.15) is 44.7 Å². The Bertz CT molecular complexity index is 1230. The van der Waals surface area contributed by atoms with Crippen molar-refractivity contribution in [1.29, 1.82) is 0 Å². The van der Waals surface area contributed by atoms with Crippen LogP contribution in [0, 0.1) is 0 Å². The molecule has 0 aliphatic heterocycles. The summed E-state index contributed by atoms with van der Waals surface area (Å²) in [7, 11) is -2.08. The first-order chi connectivity index (χ1) is 15.0. The fraction of sp³-hybridized carbons (Fsp3) is 0.320. The van der Waals surface area contributed by atoms with Crippen LogP contribution in [-0.4, -0.2) is 27.0 Å². The van der Waals surface area contributed by atoms with Crippen LogP contribution >= 0.6 is 0 Å². The molecule has 0 aromatic heterocycles. The summed E-state index contributed by atoms with van der Waals surface area (Å²) in [5, 5.41) is 4.94. The number of rotatable bonds is 7. The SMILES string of the molecule is COc1ccc2cc([C@H](C)C(=O)NCc3ccccc3S(=O)(=O)NC(C)(C)C)ccc2c1. The highest BCUT2D eigenvalue weighted by molar-refractivity contribution is 7.89. The van der Waals surface area contributed by atoms with Gasteiger partial charge in [0.05, 0.1) is 17.9 Å². The minimum Gasteiger partial charge on any atom is -0.497 e. The first-order valence-electron chi connectivity index (χ1n) is 10.5. The van der Waals surface area contributed by atoms with Crippen LogP contribution in [-0.2, 0) is 21.4 Å². The molecule has 0 saturated heterocycles. The van der Waals surface area contributed by atoms with Crippen molar-refractivity contribution in [3.8, 4) is 5.75 Å². The predicted octanol–water partition coefficient (Wildman–Crippen LogP) is 4.35. The van der Waals surface area contributed by atoms with E-state index in [4.69, 9.17) is 4.74 Å². The second-order valence-electron chi connectivity index (χ2n) is 8.88. The van der Waals surface area contributed by atoms with Crippen LogP contribution in [0.4, 0.5) is 0 Å². The van der Waals surface area contributed by atoms with Gasteiger partial charge in [-0.2, -0.15) is 0 Å². The van der Waals surface area contributed by atoms with Crippen LogP contribution in [0.5, 0.6) is 5.75 Å². The second kappa shape index (κ2) is 9.30. The zero-order chi connectivity index (χ0) is 23.5. The topological polar surface area (TPSA) is 84.5 Å². The molecule has 0 aliphatic rings. The lowest BCUT2D eigenvalue weighted by atomic mass is 9.97. The average Bonchev–Trinajstić information content (AvgIpc) is 2.74. The summed E-state index contributed by atoms with van der Waals surface area (Å²) in [5.74, 6) is 0.220. The molecule has 2 N–H and O–H groups in total. The summed E-state index contributed by atoms with van der Waals surface area (Å²) < 4.78 is 33.5. The molecule has 3 rings (SSSR count). The summed E-state index contributed by atoms with van der Waals surface area (Å²) in [6, 6.07) is 18.4. The summed E-state index contributed by atoms with van der Waals surface area (Å²) in [5.41, 5.74) is 0.815. The van der Waals surface area contributed by atoms with Gasteiger partial charge in [-0.1, -0.05) is 42.5 Å². The van der Waals surface area contributed by atoms with Crippen molar-refractivity contribution in [2.45, 2.75) is 50.6 Å². The van der Waals surface area contributed by atoms with Crippen LogP contribution in [0.2, 0.25) is 0 Å². The number of fused-ring (bicyclic) bond motifs is 1. The minimum atomic E-state index is -3.71. The Balaban J connectivity index is 1.75. The second-order valence-corrected chi connectivity index (χ2v) is 10.5. The molecule has 0 fully saturated rings. The van der Waals surface area contributed by atoms with Gasteiger partial charge in [0.1, 0.15) is 5.75 Å². The molecule has 7 heteroatoms. The molecule has 0 radical (unpaired) electrons. The largest absolute Gasteiger partial charge is 0.497 e. The van der Waals surface area contributed by atoms with E-state index in [2.05, 4.69) is 10.0 Å². The number of sulfonamides is 1. The van der Waals surface area contributed by atoms with E-state index < -0.39 is 21.5 Å². The zero-order valence-electron chi connectivity index (χ0n) is 19.1. The number of ether oxygens (including phenoxy) is 1. The molecular formula is C25H30N2O4S. The number of hydrogen-bond acceptors (Lipinski definition) is 4. The van der Waals surface area contributed by atoms with E-state index in [1.165, 1.54) is 0 Å². The third-order valence-electron chi connectivity index (χ3n) is 5.12. The van der Waals surface area contributed by atoms with Crippen molar-refractivity contribution < 1.29 is 17.9 Å². The smallest absolute Gasteiger partial charge is 0.241 e. The molecule has 3 aromatic carbocycles. The molecule has 0 aliphatic carbocycles. The molecule has 170 valence electrons. The number of carbonyl (C=O) groups is 1. The van der Waals surface area contributed by atoms with Crippen molar-refractivity contribution in [3.63, 3.8) is 0 Å². The number of carbonyl (C=O) groups excluding carboxylic acids is 1. The van der Waals surface area contributed by atoms with Gasteiger partial charge in [0.15, 0.2) is 0 Å². The molecule has 0 heterocycles. The first kappa shape index (κ1) is 23.8. The Hall–Kier alpha value is -2.90. The van der Waals surface area contributed by atoms with Crippen LogP contribution in [0.15, 0.2) is 65.6 Å². The van der Waals surface area contributed by atoms with Crippen LogP contribution in [0.3, 0.4) is 0 Å². The molecule has 0 unspecified atom stereocenters. The molecule has 1 atom stereocenters. The molecule has 0 bridgehead atoms. The Morgan fingerprint density at radius 2 is 1.66 bits per heavy atom. The van der Waals surface area contributed by atoms with E-state index in [-0.39, 0.29) is 17.3 Å². The van der Waals surface area contributed by atoms with E-state index in [1.807, 2.05) is 43.3 Å². The lowest BCUT2D eigenvalue weighted by molar-refractivity contribution is -0.122. The maximum atomic E-state index is 12.8. The molecule has 0 spiro atoms. The molecule has 1 amide bonds. The van der Waals surface area contributed by atoms with E-state index in [0.29, 0.717) is 5.56 Å².